The van der Waals surface area contributed by atoms with Crippen LogP contribution in [-0.2, 0) is 22.3 Å². The van der Waals surface area contributed by atoms with Crippen LogP contribution in [0.4, 0.5) is 18.9 Å². The monoisotopic (exact) mass is 485 g/mol. The van der Waals surface area contributed by atoms with Crippen molar-refractivity contribution in [1.29, 1.82) is 0 Å². The van der Waals surface area contributed by atoms with Crippen molar-refractivity contribution in [2.24, 2.45) is 0 Å². The molecule has 1 N–H and O–H groups in total. The van der Waals surface area contributed by atoms with Crippen LogP contribution in [0.25, 0.3) is 10.9 Å². The minimum atomic E-state index is -4.60. The predicted molar refractivity (Wildman–Crippen MR) is 118 cm³/mol. The third-order valence-corrected chi connectivity index (χ3v) is 5.66. The summed E-state index contributed by atoms with van der Waals surface area (Å²) in [6.07, 6.45) is -4.06. The van der Waals surface area contributed by atoms with Crippen molar-refractivity contribution in [3.63, 3.8) is 0 Å². The number of carbonyl (C=O) groups is 1. The Bertz CT molecular complexity index is 1180. The van der Waals surface area contributed by atoms with Gasteiger partial charge in [0.2, 0.25) is 5.91 Å². The average molecular weight is 486 g/mol. The number of anilines is 1. The smallest absolute Gasteiger partial charge is 0.385 e. The number of benzene rings is 2. The fourth-order valence-corrected chi connectivity index (χ4v) is 4.00. The summed E-state index contributed by atoms with van der Waals surface area (Å²) < 4.78 is 45.9. The van der Waals surface area contributed by atoms with Crippen LogP contribution in [0.3, 0.4) is 0 Å². The molecular weight excluding hydrogens is 467 g/mol. The number of amides is 1. The molecule has 0 bridgehead atoms. The van der Waals surface area contributed by atoms with E-state index in [0.29, 0.717) is 35.5 Å². The number of alkyl halides is 3. The number of nitrogens with one attached hydrogen (secondary N) is 1. The van der Waals surface area contributed by atoms with Gasteiger partial charge in [0.15, 0.2) is 5.16 Å². The highest BCUT2D eigenvalue weighted by molar-refractivity contribution is 7.99. The largest absolute Gasteiger partial charge is 0.418 e. The van der Waals surface area contributed by atoms with Crippen molar-refractivity contribution in [2.45, 2.75) is 24.3 Å². The fraction of sp³-hybridized carbons (Fsp3) is 0.286. The van der Waals surface area contributed by atoms with Crippen molar-refractivity contribution in [3.05, 3.63) is 63.4 Å². The zero-order valence-corrected chi connectivity index (χ0v) is 18.5. The van der Waals surface area contributed by atoms with Gasteiger partial charge in [0.1, 0.15) is 0 Å². The minimum absolute atomic E-state index is 0.241. The zero-order valence-electron chi connectivity index (χ0n) is 16.9. The molecule has 3 aromatic rings. The maximum atomic E-state index is 13.1. The molecule has 11 heteroatoms. The van der Waals surface area contributed by atoms with E-state index >= 15 is 0 Å². The number of nitrogens with zero attached hydrogens (tertiary/aromatic N) is 2. The van der Waals surface area contributed by atoms with Gasteiger partial charge in [0, 0.05) is 25.3 Å². The third-order valence-electron chi connectivity index (χ3n) is 4.45. The summed E-state index contributed by atoms with van der Waals surface area (Å²) in [4.78, 5) is 29.8. The van der Waals surface area contributed by atoms with Gasteiger partial charge in [-0.15, -0.1) is 0 Å². The topological polar surface area (TPSA) is 73.2 Å². The van der Waals surface area contributed by atoms with Crippen LogP contribution in [0.15, 0.2) is 52.4 Å². The summed E-state index contributed by atoms with van der Waals surface area (Å²) in [6.45, 7) is 0.725. The standard InChI is InChI=1S/C21H19ClF3N3O3S/c1-31-10-4-9-28-19(30)14-8-7-13(22)11-17(14)27-20(28)32-12-18(29)26-16-6-3-2-5-15(16)21(23,24)25/h2-3,5-8,11H,4,9-10,12H2,1H3,(H,26,29). The number of methoxy groups -OCH3 is 1. The van der Waals surface area contributed by atoms with Crippen molar-refractivity contribution in [1.82, 2.24) is 9.55 Å². The zero-order chi connectivity index (χ0) is 23.3. The second kappa shape index (κ2) is 10.4. The van der Waals surface area contributed by atoms with E-state index in [1.165, 1.54) is 22.8 Å². The lowest BCUT2D eigenvalue weighted by Crippen LogP contribution is -2.25. The molecule has 6 nitrogen and oxygen atoms in total. The van der Waals surface area contributed by atoms with Crippen LogP contribution in [0.2, 0.25) is 5.02 Å². The Kier molecular flexibility index (Phi) is 7.81. The molecule has 1 aromatic heterocycles. The predicted octanol–water partition coefficient (Wildman–Crippen LogP) is 4.84. The summed E-state index contributed by atoms with van der Waals surface area (Å²) in [5, 5.41) is 3.32. The normalized spacial score (nSPS) is 11.7. The Morgan fingerprint density at radius 3 is 2.72 bits per heavy atom. The van der Waals surface area contributed by atoms with Gasteiger partial charge in [-0.25, -0.2) is 4.98 Å². The quantitative estimate of drug-likeness (QED) is 0.281. The highest BCUT2D eigenvalue weighted by atomic mass is 35.5. The highest BCUT2D eigenvalue weighted by Crippen LogP contribution is 2.34. The molecule has 0 aliphatic heterocycles. The lowest BCUT2D eigenvalue weighted by Gasteiger charge is -2.15. The van der Waals surface area contributed by atoms with E-state index in [0.717, 1.165) is 17.8 Å². The van der Waals surface area contributed by atoms with Gasteiger partial charge in [0.25, 0.3) is 5.56 Å². The van der Waals surface area contributed by atoms with Gasteiger partial charge in [-0.05, 0) is 36.8 Å². The Morgan fingerprint density at radius 2 is 2.00 bits per heavy atom. The first-order chi connectivity index (χ1) is 15.2. The van der Waals surface area contributed by atoms with E-state index < -0.39 is 17.6 Å². The first-order valence-corrected chi connectivity index (χ1v) is 10.8. The maximum absolute atomic E-state index is 13.1. The summed E-state index contributed by atoms with van der Waals surface area (Å²) >= 11 is 6.96. The van der Waals surface area contributed by atoms with Crippen molar-refractivity contribution >= 4 is 45.9 Å². The Hall–Kier alpha value is -2.56. The van der Waals surface area contributed by atoms with E-state index in [1.54, 1.807) is 25.3 Å². The number of rotatable bonds is 8. The molecule has 0 aliphatic carbocycles. The average Bonchev–Trinajstić information content (AvgIpc) is 2.73. The number of para-hydroxylation sites is 1. The molecular formula is C21H19ClF3N3O3S. The molecule has 0 atom stereocenters. The second-order valence-electron chi connectivity index (χ2n) is 6.74. The number of hydrogen-bond donors (Lipinski definition) is 1. The highest BCUT2D eigenvalue weighted by Gasteiger charge is 2.33. The van der Waals surface area contributed by atoms with Crippen LogP contribution < -0.4 is 10.9 Å². The summed E-state index contributed by atoms with van der Waals surface area (Å²) in [7, 11) is 1.54. The third kappa shape index (κ3) is 5.81. The van der Waals surface area contributed by atoms with Gasteiger partial charge in [-0.1, -0.05) is 35.5 Å². The van der Waals surface area contributed by atoms with E-state index in [4.69, 9.17) is 16.3 Å². The Morgan fingerprint density at radius 1 is 1.25 bits per heavy atom. The molecule has 0 radical (unpaired) electrons. The number of carbonyl (C=O) groups excluding carboxylic acids is 1. The first-order valence-electron chi connectivity index (χ1n) is 9.48. The van der Waals surface area contributed by atoms with Crippen molar-refractivity contribution < 1.29 is 22.7 Å². The molecule has 2 aromatic carbocycles. The second-order valence-corrected chi connectivity index (χ2v) is 8.12. The molecule has 32 heavy (non-hydrogen) atoms. The van der Waals surface area contributed by atoms with Crippen LogP contribution in [0.5, 0.6) is 0 Å². The van der Waals surface area contributed by atoms with E-state index in [-0.39, 0.29) is 22.2 Å². The van der Waals surface area contributed by atoms with Crippen LogP contribution in [0, 0.1) is 0 Å². The molecule has 3 rings (SSSR count). The number of aromatic nitrogens is 2. The fourth-order valence-electron chi connectivity index (χ4n) is 3.00. The molecule has 0 saturated carbocycles. The molecule has 0 aliphatic rings. The maximum Gasteiger partial charge on any atom is 0.418 e. The van der Waals surface area contributed by atoms with Crippen LogP contribution in [0.1, 0.15) is 12.0 Å². The van der Waals surface area contributed by atoms with Gasteiger partial charge in [0.05, 0.1) is 27.9 Å². The van der Waals surface area contributed by atoms with Gasteiger partial charge in [-0.2, -0.15) is 13.2 Å². The Labute approximate surface area is 190 Å². The van der Waals surface area contributed by atoms with Gasteiger partial charge >= 0.3 is 6.18 Å². The van der Waals surface area contributed by atoms with E-state index in [1.807, 2.05) is 0 Å². The van der Waals surface area contributed by atoms with E-state index in [9.17, 15) is 22.8 Å². The molecule has 0 saturated heterocycles. The molecule has 1 heterocycles. The van der Waals surface area contributed by atoms with Crippen LogP contribution >= 0.6 is 23.4 Å². The molecule has 0 spiro atoms. The SMILES string of the molecule is COCCCn1c(SCC(=O)Nc2ccccc2C(F)(F)F)nc2cc(Cl)ccc2c1=O. The number of fused-ring (bicyclic) bond motifs is 1. The van der Waals surface area contributed by atoms with Gasteiger partial charge < -0.3 is 10.1 Å². The lowest BCUT2D eigenvalue weighted by molar-refractivity contribution is -0.137. The summed E-state index contributed by atoms with van der Waals surface area (Å²) in [5.74, 6) is -0.898. The summed E-state index contributed by atoms with van der Waals surface area (Å²) in [5.41, 5.74) is -1.20. The number of thioether (sulfide) groups is 1. The van der Waals surface area contributed by atoms with Crippen molar-refractivity contribution in [2.75, 3.05) is 24.8 Å². The molecule has 170 valence electrons. The van der Waals surface area contributed by atoms with Crippen molar-refractivity contribution in [3.8, 4) is 0 Å². The number of halogens is 4. The number of hydrogen-bond acceptors (Lipinski definition) is 5. The molecule has 0 fully saturated rings. The first kappa shape index (κ1) is 24.1. The van der Waals surface area contributed by atoms with E-state index in [2.05, 4.69) is 10.3 Å². The number of ether oxygens (including phenoxy) is 1. The van der Waals surface area contributed by atoms with Gasteiger partial charge in [-0.3, -0.25) is 14.2 Å². The van der Waals surface area contributed by atoms with Crippen LogP contribution in [-0.4, -0.2) is 34.9 Å². The molecule has 0 unspecified atom stereocenters. The Balaban J connectivity index is 1.84. The minimum Gasteiger partial charge on any atom is -0.385 e. The summed E-state index contributed by atoms with van der Waals surface area (Å²) in [6, 6.07) is 9.44. The lowest BCUT2D eigenvalue weighted by atomic mass is 10.1. The molecule has 1 amide bonds.